The quantitative estimate of drug-likeness (QED) is 0.895. The van der Waals surface area contributed by atoms with E-state index in [9.17, 15) is 9.90 Å². The lowest BCUT2D eigenvalue weighted by molar-refractivity contribution is -0.145. The Morgan fingerprint density at radius 2 is 2.10 bits per heavy atom. The molecule has 1 unspecified atom stereocenters. The molecule has 0 radical (unpaired) electrons. The van der Waals surface area contributed by atoms with Crippen molar-refractivity contribution in [2.75, 3.05) is 13.1 Å². The fraction of sp³-hybridized carbons (Fsp3) is 0.588. The first-order chi connectivity index (χ1) is 9.63. The topological polar surface area (TPSA) is 40.5 Å². The Hall–Kier alpha value is -1.35. The van der Waals surface area contributed by atoms with Crippen molar-refractivity contribution >= 4 is 5.97 Å². The third-order valence-electron chi connectivity index (χ3n) is 4.65. The van der Waals surface area contributed by atoms with Gasteiger partial charge >= 0.3 is 5.97 Å². The molecule has 0 bridgehead atoms. The summed E-state index contributed by atoms with van der Waals surface area (Å²) >= 11 is 0. The Morgan fingerprint density at radius 3 is 2.70 bits per heavy atom. The highest BCUT2D eigenvalue weighted by atomic mass is 16.4. The summed E-state index contributed by atoms with van der Waals surface area (Å²) in [5, 5.41) is 9.31. The van der Waals surface area contributed by atoms with E-state index in [2.05, 4.69) is 43.0 Å². The molecule has 0 aliphatic carbocycles. The molecule has 1 aliphatic rings. The third kappa shape index (κ3) is 3.40. The monoisotopic (exact) mass is 275 g/mol. The van der Waals surface area contributed by atoms with Gasteiger partial charge in [-0.15, -0.1) is 0 Å². The summed E-state index contributed by atoms with van der Waals surface area (Å²) in [6.07, 6.45) is 2.90. The molecule has 3 nitrogen and oxygen atoms in total. The van der Waals surface area contributed by atoms with Crippen LogP contribution in [0.2, 0.25) is 0 Å². The normalized spacial score (nSPS) is 25.3. The van der Waals surface area contributed by atoms with Gasteiger partial charge in [-0.2, -0.15) is 0 Å². The van der Waals surface area contributed by atoms with Crippen molar-refractivity contribution in [3.8, 4) is 0 Å². The van der Waals surface area contributed by atoms with Crippen LogP contribution in [0.4, 0.5) is 0 Å². The summed E-state index contributed by atoms with van der Waals surface area (Å²) in [6.45, 7) is 6.26. The summed E-state index contributed by atoms with van der Waals surface area (Å²) in [6, 6.07) is 10.7. The van der Waals surface area contributed by atoms with Gasteiger partial charge in [0.2, 0.25) is 0 Å². The van der Waals surface area contributed by atoms with E-state index < -0.39 is 5.97 Å². The molecule has 1 aliphatic heterocycles. The van der Waals surface area contributed by atoms with Gasteiger partial charge in [-0.25, -0.2) is 0 Å². The number of hydrogen-bond donors (Lipinski definition) is 1. The molecule has 20 heavy (non-hydrogen) atoms. The predicted molar refractivity (Wildman–Crippen MR) is 80.9 cm³/mol. The first-order valence-electron chi connectivity index (χ1n) is 7.65. The highest BCUT2D eigenvalue weighted by Gasteiger charge is 2.33. The van der Waals surface area contributed by atoms with Crippen molar-refractivity contribution in [3.05, 3.63) is 35.9 Å². The van der Waals surface area contributed by atoms with Crippen LogP contribution in [0.25, 0.3) is 0 Å². The molecule has 1 fully saturated rings. The van der Waals surface area contributed by atoms with Crippen LogP contribution in [0.15, 0.2) is 30.3 Å². The molecule has 2 rings (SSSR count). The van der Waals surface area contributed by atoms with Crippen molar-refractivity contribution in [1.29, 1.82) is 0 Å². The first-order valence-corrected chi connectivity index (χ1v) is 7.65. The SMILES string of the molecule is CCC(CN1CCC[C@H](C(=O)O)[C@@H]1C)c1ccccc1. The summed E-state index contributed by atoms with van der Waals surface area (Å²) in [7, 11) is 0. The third-order valence-corrected chi connectivity index (χ3v) is 4.65. The molecule has 0 amide bonds. The van der Waals surface area contributed by atoms with Gasteiger partial charge in [-0.3, -0.25) is 9.69 Å². The lowest BCUT2D eigenvalue weighted by Gasteiger charge is -2.39. The molecule has 1 N–H and O–H groups in total. The molecule has 0 aromatic heterocycles. The first kappa shape index (κ1) is 15.0. The number of carbonyl (C=O) groups is 1. The fourth-order valence-electron chi connectivity index (χ4n) is 3.28. The van der Waals surface area contributed by atoms with Crippen LogP contribution >= 0.6 is 0 Å². The Bertz CT molecular complexity index is 432. The van der Waals surface area contributed by atoms with E-state index in [0.717, 1.165) is 32.4 Å². The van der Waals surface area contributed by atoms with Gasteiger partial charge in [0.25, 0.3) is 0 Å². The van der Waals surface area contributed by atoms with E-state index in [-0.39, 0.29) is 12.0 Å². The van der Waals surface area contributed by atoms with Crippen molar-refractivity contribution < 1.29 is 9.90 Å². The minimum absolute atomic E-state index is 0.138. The zero-order valence-electron chi connectivity index (χ0n) is 12.5. The summed E-state index contributed by atoms with van der Waals surface area (Å²) in [5.41, 5.74) is 1.36. The van der Waals surface area contributed by atoms with Crippen molar-refractivity contribution in [1.82, 2.24) is 4.90 Å². The number of aliphatic carboxylic acids is 1. The number of rotatable bonds is 5. The minimum Gasteiger partial charge on any atom is -0.481 e. The van der Waals surface area contributed by atoms with Gasteiger partial charge in [0, 0.05) is 12.6 Å². The zero-order valence-corrected chi connectivity index (χ0v) is 12.5. The lowest BCUT2D eigenvalue weighted by Crippen LogP contribution is -2.47. The summed E-state index contributed by atoms with van der Waals surface area (Å²) in [4.78, 5) is 13.7. The molecular formula is C17H25NO2. The van der Waals surface area contributed by atoms with Crippen LogP contribution in [0.5, 0.6) is 0 Å². The van der Waals surface area contributed by atoms with Gasteiger partial charge < -0.3 is 5.11 Å². The largest absolute Gasteiger partial charge is 0.481 e. The predicted octanol–water partition coefficient (Wildman–Crippen LogP) is 3.37. The van der Waals surface area contributed by atoms with Crippen LogP contribution in [-0.2, 0) is 4.79 Å². The Balaban J connectivity index is 2.05. The van der Waals surface area contributed by atoms with Crippen molar-refractivity contribution in [3.63, 3.8) is 0 Å². The maximum absolute atomic E-state index is 11.3. The molecule has 3 atom stereocenters. The average molecular weight is 275 g/mol. The van der Waals surface area contributed by atoms with Crippen molar-refractivity contribution in [2.45, 2.75) is 45.1 Å². The number of nitrogens with zero attached hydrogens (tertiary/aromatic N) is 1. The van der Waals surface area contributed by atoms with E-state index in [1.54, 1.807) is 0 Å². The standard InChI is InChI=1S/C17H25NO2/c1-3-14(15-8-5-4-6-9-15)12-18-11-7-10-16(13(18)2)17(19)20/h4-6,8-9,13-14,16H,3,7,10-12H2,1-2H3,(H,19,20)/t13-,14?,16-/m0/s1. The molecule has 3 heteroatoms. The van der Waals surface area contributed by atoms with Crippen LogP contribution in [-0.4, -0.2) is 35.1 Å². The number of hydrogen-bond acceptors (Lipinski definition) is 2. The van der Waals surface area contributed by atoms with Crippen LogP contribution < -0.4 is 0 Å². The molecule has 1 saturated heterocycles. The summed E-state index contributed by atoms with van der Waals surface area (Å²) in [5.74, 6) is -0.363. The summed E-state index contributed by atoms with van der Waals surface area (Å²) < 4.78 is 0. The fourth-order valence-corrected chi connectivity index (χ4v) is 3.28. The molecule has 1 aromatic rings. The number of likely N-dealkylation sites (tertiary alicyclic amines) is 1. The molecule has 1 heterocycles. The smallest absolute Gasteiger partial charge is 0.308 e. The van der Waals surface area contributed by atoms with E-state index in [1.807, 2.05) is 6.07 Å². The van der Waals surface area contributed by atoms with Gasteiger partial charge in [0.1, 0.15) is 0 Å². The average Bonchev–Trinajstić information content (AvgIpc) is 2.47. The van der Waals surface area contributed by atoms with E-state index in [1.165, 1.54) is 5.56 Å². The second-order valence-corrected chi connectivity index (χ2v) is 5.84. The Morgan fingerprint density at radius 1 is 1.40 bits per heavy atom. The number of piperidine rings is 1. The van der Waals surface area contributed by atoms with Gasteiger partial charge in [-0.1, -0.05) is 37.3 Å². The maximum Gasteiger partial charge on any atom is 0.308 e. The van der Waals surface area contributed by atoms with Crippen molar-refractivity contribution in [2.24, 2.45) is 5.92 Å². The molecule has 1 aromatic carbocycles. The zero-order chi connectivity index (χ0) is 14.5. The number of carboxylic acids is 1. The number of carboxylic acid groups (broad SMARTS) is 1. The van der Waals surface area contributed by atoms with E-state index in [0.29, 0.717) is 5.92 Å². The Kier molecular flexibility index (Phi) is 5.18. The minimum atomic E-state index is -0.644. The number of benzene rings is 1. The molecular weight excluding hydrogens is 250 g/mol. The van der Waals surface area contributed by atoms with Gasteiger partial charge in [0.05, 0.1) is 5.92 Å². The molecule has 0 spiro atoms. The van der Waals surface area contributed by atoms with E-state index in [4.69, 9.17) is 0 Å². The van der Waals surface area contributed by atoms with Crippen LogP contribution in [0.3, 0.4) is 0 Å². The highest BCUT2D eigenvalue weighted by Crippen LogP contribution is 2.28. The maximum atomic E-state index is 11.3. The molecule has 110 valence electrons. The highest BCUT2D eigenvalue weighted by molar-refractivity contribution is 5.70. The van der Waals surface area contributed by atoms with Gasteiger partial charge in [0.15, 0.2) is 0 Å². The van der Waals surface area contributed by atoms with Gasteiger partial charge in [-0.05, 0) is 44.2 Å². The second kappa shape index (κ2) is 6.89. The van der Waals surface area contributed by atoms with Crippen LogP contribution in [0.1, 0.15) is 44.6 Å². The second-order valence-electron chi connectivity index (χ2n) is 5.84. The Labute approximate surface area is 121 Å². The lowest BCUT2D eigenvalue weighted by atomic mass is 9.88. The van der Waals surface area contributed by atoms with Crippen LogP contribution in [0, 0.1) is 5.92 Å². The molecule has 0 saturated carbocycles. The van der Waals surface area contributed by atoms with E-state index >= 15 is 0 Å².